The zero-order valence-electron chi connectivity index (χ0n) is 15.9. The zero-order chi connectivity index (χ0) is 20.2. The Bertz CT molecular complexity index is 1090. The van der Waals surface area contributed by atoms with Crippen molar-refractivity contribution in [3.63, 3.8) is 0 Å². The number of halogens is 1. The molecule has 4 aromatic rings. The summed E-state index contributed by atoms with van der Waals surface area (Å²) in [5, 5.41) is 12.3. The predicted octanol–water partition coefficient (Wildman–Crippen LogP) is 3.97. The highest BCUT2D eigenvalue weighted by atomic mass is 32.1. The lowest BCUT2D eigenvalue weighted by Crippen LogP contribution is -2.20. The number of fused-ring (bicyclic) bond motifs is 1. The van der Waals surface area contributed by atoms with Crippen molar-refractivity contribution >= 4 is 39.1 Å². The highest BCUT2D eigenvalue weighted by Crippen LogP contribution is 2.31. The Labute approximate surface area is 171 Å². The van der Waals surface area contributed by atoms with E-state index in [1.165, 1.54) is 25.0 Å². The highest BCUT2D eigenvalue weighted by molar-refractivity contribution is 7.17. The Morgan fingerprint density at radius 1 is 1.07 bits per heavy atom. The maximum Gasteiger partial charge on any atom is 0.227 e. The van der Waals surface area contributed by atoms with Crippen LogP contribution in [0.1, 0.15) is 12.8 Å². The zero-order valence-corrected chi connectivity index (χ0v) is 16.7. The van der Waals surface area contributed by atoms with Gasteiger partial charge in [0.2, 0.25) is 5.95 Å². The van der Waals surface area contributed by atoms with E-state index in [2.05, 4.69) is 15.2 Å². The van der Waals surface area contributed by atoms with E-state index in [0.29, 0.717) is 5.82 Å². The number of rotatable bonds is 4. The molecule has 150 valence electrons. The molecule has 1 aromatic carbocycles. The summed E-state index contributed by atoms with van der Waals surface area (Å²) in [6, 6.07) is 8.32. The monoisotopic (exact) mass is 412 g/mol. The summed E-state index contributed by atoms with van der Waals surface area (Å²) >= 11 is 1.61. The molecule has 29 heavy (non-hydrogen) atoms. The van der Waals surface area contributed by atoms with Gasteiger partial charge >= 0.3 is 0 Å². The van der Waals surface area contributed by atoms with Crippen molar-refractivity contribution in [2.24, 2.45) is 0 Å². The van der Waals surface area contributed by atoms with Crippen molar-refractivity contribution < 1.29 is 9.50 Å². The van der Waals surface area contributed by atoms with Crippen molar-refractivity contribution in [3.05, 3.63) is 54.1 Å². The number of aliphatic hydroxyl groups is 1. The molecule has 7 nitrogen and oxygen atoms in total. The van der Waals surface area contributed by atoms with Gasteiger partial charge in [-0.25, -0.2) is 14.4 Å². The number of benzene rings is 1. The Hall–Kier alpha value is -3.04. The number of nitrogens with one attached hydrogen (secondary N) is 1. The van der Waals surface area contributed by atoms with Crippen LogP contribution in [0, 0.1) is 5.82 Å². The van der Waals surface area contributed by atoms with E-state index in [-0.39, 0.29) is 5.82 Å². The standard InChI is InChI=1S/C19H17FN6S.CH4O/c20-13-3-5-14(6-4-13)26-11-16(21-12-26)23-18-17-15(7-10-27-17)22-19(24-18)25-8-1-2-9-25;1-2/h3-7,10-12H,1-2,8-9H2,(H,22,23,24);2H,1H3. The van der Waals surface area contributed by atoms with Crippen molar-refractivity contribution in [1.29, 1.82) is 0 Å². The second kappa shape index (κ2) is 8.54. The Morgan fingerprint density at radius 3 is 2.59 bits per heavy atom. The number of aliphatic hydroxyl groups excluding tert-OH is 1. The molecule has 5 rings (SSSR count). The van der Waals surface area contributed by atoms with E-state index in [1.54, 1.807) is 29.8 Å². The summed E-state index contributed by atoms with van der Waals surface area (Å²) in [5.74, 6) is 1.95. The van der Waals surface area contributed by atoms with Crippen molar-refractivity contribution in [1.82, 2.24) is 19.5 Å². The van der Waals surface area contributed by atoms with Gasteiger partial charge in [0.1, 0.15) is 18.0 Å². The number of thiophene rings is 1. The van der Waals surface area contributed by atoms with Crippen LogP contribution >= 0.6 is 11.3 Å². The molecule has 1 saturated heterocycles. The largest absolute Gasteiger partial charge is 0.400 e. The summed E-state index contributed by atoms with van der Waals surface area (Å²) < 4.78 is 16.0. The maximum atomic E-state index is 13.1. The average Bonchev–Trinajstić information content (AvgIpc) is 3.51. The molecule has 0 radical (unpaired) electrons. The molecule has 0 spiro atoms. The molecule has 0 bridgehead atoms. The minimum absolute atomic E-state index is 0.257. The predicted molar refractivity (Wildman–Crippen MR) is 114 cm³/mol. The third kappa shape index (κ3) is 4.06. The number of hydrogen-bond donors (Lipinski definition) is 2. The number of nitrogens with zero attached hydrogens (tertiary/aromatic N) is 5. The molecule has 9 heteroatoms. The van der Waals surface area contributed by atoms with Crippen LogP contribution in [0.15, 0.2) is 48.2 Å². The summed E-state index contributed by atoms with van der Waals surface area (Å²) in [4.78, 5) is 16.1. The van der Waals surface area contributed by atoms with Crippen LogP contribution in [-0.2, 0) is 0 Å². The summed E-state index contributed by atoms with van der Waals surface area (Å²) in [6.07, 6.45) is 5.92. The van der Waals surface area contributed by atoms with Gasteiger partial charge in [0.15, 0.2) is 5.82 Å². The molecular weight excluding hydrogens is 391 g/mol. The molecule has 1 fully saturated rings. The molecule has 2 N–H and O–H groups in total. The van der Waals surface area contributed by atoms with Gasteiger partial charge in [-0.1, -0.05) is 0 Å². The van der Waals surface area contributed by atoms with E-state index in [1.807, 2.05) is 22.2 Å². The van der Waals surface area contributed by atoms with Crippen LogP contribution in [0.5, 0.6) is 0 Å². The third-order valence-corrected chi connectivity index (χ3v) is 5.54. The first-order chi connectivity index (χ1) is 14.3. The normalized spacial score (nSPS) is 13.4. The average molecular weight is 412 g/mol. The topological polar surface area (TPSA) is 79.1 Å². The van der Waals surface area contributed by atoms with Gasteiger partial charge in [0.25, 0.3) is 0 Å². The lowest BCUT2D eigenvalue weighted by atomic mass is 10.3. The third-order valence-electron chi connectivity index (χ3n) is 4.63. The smallest absolute Gasteiger partial charge is 0.227 e. The molecule has 3 aromatic heterocycles. The first kappa shape index (κ1) is 19.3. The fourth-order valence-electron chi connectivity index (χ4n) is 3.26. The van der Waals surface area contributed by atoms with Crippen LogP contribution in [0.4, 0.5) is 22.0 Å². The van der Waals surface area contributed by atoms with Crippen LogP contribution in [-0.4, -0.2) is 44.8 Å². The van der Waals surface area contributed by atoms with Gasteiger partial charge < -0.3 is 19.9 Å². The number of anilines is 3. The fraction of sp³-hybridized carbons (Fsp3) is 0.250. The fourth-order valence-corrected chi connectivity index (χ4v) is 4.03. The molecule has 0 amide bonds. The summed E-state index contributed by atoms with van der Waals surface area (Å²) in [7, 11) is 1.00. The van der Waals surface area contributed by atoms with E-state index in [0.717, 1.165) is 47.9 Å². The summed E-state index contributed by atoms with van der Waals surface area (Å²) in [5.41, 5.74) is 1.79. The molecule has 0 saturated carbocycles. The van der Waals surface area contributed by atoms with Crippen LogP contribution in [0.3, 0.4) is 0 Å². The second-order valence-corrected chi connectivity index (χ2v) is 7.39. The van der Waals surface area contributed by atoms with Crippen LogP contribution < -0.4 is 10.2 Å². The Kier molecular flexibility index (Phi) is 5.68. The quantitative estimate of drug-likeness (QED) is 0.528. The van der Waals surface area contributed by atoms with Crippen LogP contribution in [0.25, 0.3) is 15.9 Å². The Balaban J connectivity index is 0.000000994. The SMILES string of the molecule is CO.Fc1ccc(-n2cnc(Nc3nc(N4CCCC4)nc4ccsc34)c2)cc1. The second-order valence-electron chi connectivity index (χ2n) is 6.47. The Morgan fingerprint density at radius 2 is 1.83 bits per heavy atom. The first-order valence-corrected chi connectivity index (χ1v) is 10.2. The minimum atomic E-state index is -0.257. The lowest BCUT2D eigenvalue weighted by molar-refractivity contribution is 0.399. The lowest BCUT2D eigenvalue weighted by Gasteiger charge is -2.16. The van der Waals surface area contributed by atoms with Gasteiger partial charge in [-0.2, -0.15) is 4.98 Å². The molecule has 1 aliphatic rings. The van der Waals surface area contributed by atoms with Gasteiger partial charge in [-0.05, 0) is 48.6 Å². The molecule has 0 aliphatic carbocycles. The minimum Gasteiger partial charge on any atom is -0.400 e. The van der Waals surface area contributed by atoms with E-state index >= 15 is 0 Å². The maximum absolute atomic E-state index is 13.1. The van der Waals surface area contributed by atoms with Crippen molar-refractivity contribution in [2.75, 3.05) is 30.4 Å². The summed E-state index contributed by atoms with van der Waals surface area (Å²) in [6.45, 7) is 1.99. The van der Waals surface area contributed by atoms with Gasteiger partial charge in [-0.3, -0.25) is 0 Å². The molecule has 1 aliphatic heterocycles. The number of aromatic nitrogens is 4. The van der Waals surface area contributed by atoms with E-state index < -0.39 is 0 Å². The van der Waals surface area contributed by atoms with Crippen LogP contribution in [0.2, 0.25) is 0 Å². The molecule has 0 atom stereocenters. The van der Waals surface area contributed by atoms with E-state index in [9.17, 15) is 4.39 Å². The van der Waals surface area contributed by atoms with Gasteiger partial charge in [0, 0.05) is 25.9 Å². The first-order valence-electron chi connectivity index (χ1n) is 9.28. The molecule has 0 unspecified atom stereocenters. The number of imidazole rings is 1. The van der Waals surface area contributed by atoms with Gasteiger partial charge in [0.05, 0.1) is 16.4 Å². The number of hydrogen-bond acceptors (Lipinski definition) is 7. The molecule has 4 heterocycles. The van der Waals surface area contributed by atoms with E-state index in [4.69, 9.17) is 15.1 Å². The van der Waals surface area contributed by atoms with Crippen molar-refractivity contribution in [3.8, 4) is 5.69 Å². The highest BCUT2D eigenvalue weighted by Gasteiger charge is 2.18. The van der Waals surface area contributed by atoms with Gasteiger partial charge in [-0.15, -0.1) is 11.3 Å². The van der Waals surface area contributed by atoms with Crippen molar-refractivity contribution in [2.45, 2.75) is 12.8 Å². The molecular formula is C20H21FN6OS.